The summed E-state index contributed by atoms with van der Waals surface area (Å²) in [6.07, 6.45) is 4.42. The molecule has 1 aromatic carbocycles. The second-order valence-corrected chi connectivity index (χ2v) is 7.91. The van der Waals surface area contributed by atoms with Crippen LogP contribution in [0.5, 0.6) is 5.75 Å². The zero-order valence-corrected chi connectivity index (χ0v) is 18.3. The van der Waals surface area contributed by atoms with E-state index in [-0.39, 0.29) is 42.6 Å². The number of amides is 2. The molecule has 0 spiro atoms. The summed E-state index contributed by atoms with van der Waals surface area (Å²) < 4.78 is 5.26. The Morgan fingerprint density at radius 2 is 2.07 bits per heavy atom. The van der Waals surface area contributed by atoms with Crippen molar-refractivity contribution < 1.29 is 14.3 Å². The van der Waals surface area contributed by atoms with Gasteiger partial charge in [0.05, 0.1) is 19.1 Å². The molecule has 2 N–H and O–H groups in total. The molecule has 2 amide bonds. The molecule has 7 heteroatoms. The maximum absolute atomic E-state index is 13.0. The van der Waals surface area contributed by atoms with Gasteiger partial charge in [-0.05, 0) is 56.0 Å². The summed E-state index contributed by atoms with van der Waals surface area (Å²) in [5.74, 6) is 1.16. The molecule has 6 nitrogen and oxygen atoms in total. The third kappa shape index (κ3) is 5.86. The van der Waals surface area contributed by atoms with E-state index in [1.807, 2.05) is 29.2 Å². The Morgan fingerprint density at radius 3 is 2.69 bits per heavy atom. The number of nitrogens with zero attached hydrogens (tertiary/aromatic N) is 1. The number of likely N-dealkylation sites (tertiary alicyclic amines) is 1. The van der Waals surface area contributed by atoms with Crippen molar-refractivity contribution in [1.29, 1.82) is 0 Å². The molecule has 2 aliphatic rings. The molecular weight excluding hydrogens is 390 g/mol. The minimum absolute atomic E-state index is 0. The van der Waals surface area contributed by atoms with E-state index in [1.165, 1.54) is 6.42 Å². The second-order valence-electron chi connectivity index (χ2n) is 7.91. The van der Waals surface area contributed by atoms with E-state index >= 15 is 0 Å². The summed E-state index contributed by atoms with van der Waals surface area (Å²) in [7, 11) is 1.64. The lowest BCUT2D eigenvalue weighted by molar-refractivity contribution is -0.129. The van der Waals surface area contributed by atoms with Crippen molar-refractivity contribution in [2.75, 3.05) is 33.3 Å². The quantitative estimate of drug-likeness (QED) is 0.640. The first-order valence-corrected chi connectivity index (χ1v) is 10.6. The predicted molar refractivity (Wildman–Crippen MR) is 116 cm³/mol. The van der Waals surface area contributed by atoms with E-state index in [0.717, 1.165) is 43.7 Å². The van der Waals surface area contributed by atoms with Gasteiger partial charge in [-0.3, -0.25) is 9.59 Å². The Labute approximate surface area is 180 Å². The number of ether oxygens (including phenoxy) is 1. The van der Waals surface area contributed by atoms with Crippen molar-refractivity contribution in [3.63, 3.8) is 0 Å². The summed E-state index contributed by atoms with van der Waals surface area (Å²) in [6.45, 7) is 5.60. The van der Waals surface area contributed by atoms with Gasteiger partial charge in [-0.15, -0.1) is 12.4 Å². The number of rotatable bonds is 9. The minimum Gasteiger partial charge on any atom is -0.497 e. The van der Waals surface area contributed by atoms with Crippen LogP contribution in [0.1, 0.15) is 50.6 Å². The fraction of sp³-hybridized carbons (Fsp3) is 0.636. The average molecular weight is 424 g/mol. The van der Waals surface area contributed by atoms with Crippen LogP contribution in [0, 0.1) is 11.8 Å². The van der Waals surface area contributed by atoms with Gasteiger partial charge >= 0.3 is 0 Å². The molecule has 1 aromatic rings. The third-order valence-corrected chi connectivity index (χ3v) is 5.99. The number of carbonyl (C=O) groups is 2. The highest BCUT2D eigenvalue weighted by atomic mass is 35.5. The number of benzene rings is 1. The van der Waals surface area contributed by atoms with Crippen LogP contribution < -0.4 is 15.4 Å². The second kappa shape index (κ2) is 11.4. The Balaban J connectivity index is 0.00000300. The molecule has 29 heavy (non-hydrogen) atoms. The number of halogens is 1. The van der Waals surface area contributed by atoms with Crippen LogP contribution in [-0.2, 0) is 9.59 Å². The Morgan fingerprint density at radius 1 is 1.31 bits per heavy atom. The molecule has 2 saturated heterocycles. The molecule has 2 fully saturated rings. The van der Waals surface area contributed by atoms with E-state index in [0.29, 0.717) is 19.0 Å². The number of nitrogens with one attached hydrogen (secondary N) is 2. The van der Waals surface area contributed by atoms with E-state index in [2.05, 4.69) is 17.6 Å². The van der Waals surface area contributed by atoms with Gasteiger partial charge in [-0.25, -0.2) is 0 Å². The first-order valence-electron chi connectivity index (χ1n) is 10.6. The minimum atomic E-state index is -0.334. The zero-order valence-electron chi connectivity index (χ0n) is 17.5. The molecule has 3 unspecified atom stereocenters. The summed E-state index contributed by atoms with van der Waals surface area (Å²) in [5.41, 5.74) is 1.00. The first-order chi connectivity index (χ1) is 13.6. The molecule has 0 saturated carbocycles. The topological polar surface area (TPSA) is 70.7 Å². The maximum Gasteiger partial charge on any atom is 0.226 e. The molecular formula is C22H34ClN3O3. The van der Waals surface area contributed by atoms with E-state index in [4.69, 9.17) is 4.74 Å². The lowest BCUT2D eigenvalue weighted by Gasteiger charge is -2.28. The number of hydrogen-bond donors (Lipinski definition) is 2. The largest absolute Gasteiger partial charge is 0.497 e. The molecule has 0 aromatic heterocycles. The number of methoxy groups -OCH3 is 1. The van der Waals surface area contributed by atoms with Crippen LogP contribution in [0.15, 0.2) is 24.3 Å². The summed E-state index contributed by atoms with van der Waals surface area (Å²) in [4.78, 5) is 27.6. The third-order valence-electron chi connectivity index (χ3n) is 5.99. The van der Waals surface area contributed by atoms with Gasteiger partial charge in [0.2, 0.25) is 11.8 Å². The maximum atomic E-state index is 13.0. The monoisotopic (exact) mass is 423 g/mol. The smallest absolute Gasteiger partial charge is 0.226 e. The lowest BCUT2D eigenvalue weighted by Crippen LogP contribution is -2.36. The van der Waals surface area contributed by atoms with E-state index < -0.39 is 0 Å². The van der Waals surface area contributed by atoms with Crippen LogP contribution >= 0.6 is 12.4 Å². The van der Waals surface area contributed by atoms with Crippen molar-refractivity contribution in [3.05, 3.63) is 29.8 Å². The van der Waals surface area contributed by atoms with Gasteiger partial charge in [0.1, 0.15) is 5.75 Å². The molecule has 3 rings (SSSR count). The fourth-order valence-electron chi connectivity index (χ4n) is 4.32. The van der Waals surface area contributed by atoms with Gasteiger partial charge < -0.3 is 20.3 Å². The fourth-order valence-corrected chi connectivity index (χ4v) is 4.32. The van der Waals surface area contributed by atoms with Crippen molar-refractivity contribution in [2.45, 2.75) is 45.1 Å². The van der Waals surface area contributed by atoms with Gasteiger partial charge in [-0.1, -0.05) is 25.5 Å². The lowest BCUT2D eigenvalue weighted by atomic mass is 9.92. The van der Waals surface area contributed by atoms with Crippen LogP contribution in [0.3, 0.4) is 0 Å². The van der Waals surface area contributed by atoms with E-state index in [9.17, 15) is 9.59 Å². The molecule has 0 radical (unpaired) electrons. The summed E-state index contributed by atoms with van der Waals surface area (Å²) >= 11 is 0. The van der Waals surface area contributed by atoms with Gasteiger partial charge in [0, 0.05) is 19.5 Å². The van der Waals surface area contributed by atoms with Gasteiger partial charge in [-0.2, -0.15) is 0 Å². The van der Waals surface area contributed by atoms with Gasteiger partial charge in [0.25, 0.3) is 0 Å². The molecule has 3 atom stereocenters. The molecule has 2 heterocycles. The summed E-state index contributed by atoms with van der Waals surface area (Å²) in [5, 5.41) is 6.46. The highest BCUT2D eigenvalue weighted by Crippen LogP contribution is 2.39. The first kappa shape index (κ1) is 23.5. The van der Waals surface area contributed by atoms with Crippen LogP contribution in [0.2, 0.25) is 0 Å². The SMILES string of the molecule is CCCCN1C(=O)CC(C(=O)NCCC2CCNC2)C1c1ccc(OC)cc1.Cl. The number of carbonyl (C=O) groups excluding carboxylic acids is 2. The molecule has 0 aliphatic carbocycles. The number of hydrogen-bond acceptors (Lipinski definition) is 4. The highest BCUT2D eigenvalue weighted by Gasteiger charge is 2.44. The molecule has 162 valence electrons. The highest BCUT2D eigenvalue weighted by molar-refractivity contribution is 5.90. The standard InChI is InChI=1S/C22H33N3O3.ClH/c1-3-4-13-25-20(26)14-19(21(25)17-5-7-18(28-2)8-6-17)22(27)24-12-10-16-9-11-23-15-16;/h5-8,16,19,21,23H,3-4,9-15H2,1-2H3,(H,24,27);1H. The molecule has 2 aliphatic heterocycles. The average Bonchev–Trinajstić information content (AvgIpc) is 3.34. The van der Waals surface area contributed by atoms with Crippen LogP contribution in [0.4, 0.5) is 0 Å². The Hall–Kier alpha value is -1.79. The Bertz CT molecular complexity index is 662. The van der Waals surface area contributed by atoms with Crippen LogP contribution in [-0.4, -0.2) is 50.0 Å². The van der Waals surface area contributed by atoms with Crippen molar-refractivity contribution in [1.82, 2.24) is 15.5 Å². The normalized spacial score (nSPS) is 23.7. The van der Waals surface area contributed by atoms with E-state index in [1.54, 1.807) is 7.11 Å². The number of unbranched alkanes of at least 4 members (excludes halogenated alkanes) is 1. The van der Waals surface area contributed by atoms with Crippen LogP contribution in [0.25, 0.3) is 0 Å². The predicted octanol–water partition coefficient (Wildman–Crippen LogP) is 2.92. The zero-order chi connectivity index (χ0) is 19.9. The Kier molecular flexibility index (Phi) is 9.24. The molecule has 0 bridgehead atoms. The van der Waals surface area contributed by atoms with Crippen molar-refractivity contribution in [3.8, 4) is 5.75 Å². The van der Waals surface area contributed by atoms with Gasteiger partial charge in [0.15, 0.2) is 0 Å². The van der Waals surface area contributed by atoms with Crippen molar-refractivity contribution in [2.24, 2.45) is 11.8 Å². The summed E-state index contributed by atoms with van der Waals surface area (Å²) in [6, 6.07) is 7.56. The van der Waals surface area contributed by atoms with Crippen molar-refractivity contribution >= 4 is 24.2 Å².